The minimum atomic E-state index is -3.66. The van der Waals surface area contributed by atoms with Crippen molar-refractivity contribution in [2.75, 3.05) is 19.8 Å². The van der Waals surface area contributed by atoms with Gasteiger partial charge in [0, 0.05) is 11.3 Å². The van der Waals surface area contributed by atoms with Crippen LogP contribution >= 0.6 is 7.60 Å². The Bertz CT molecular complexity index is 640. The van der Waals surface area contributed by atoms with E-state index in [4.69, 9.17) is 18.5 Å². The average molecular weight is 358 g/mol. The summed E-state index contributed by atoms with van der Waals surface area (Å²) in [7, 11) is -3.66. The van der Waals surface area contributed by atoms with Gasteiger partial charge in [0.15, 0.2) is 5.16 Å². The summed E-state index contributed by atoms with van der Waals surface area (Å²) in [5, 5.41) is -1.30. The predicted molar refractivity (Wildman–Crippen MR) is 84.3 cm³/mol. The molecule has 0 radical (unpaired) electrons. The molecule has 0 N–H and O–H groups in total. The molecule has 0 spiro atoms. The molecule has 5 atom stereocenters. The van der Waals surface area contributed by atoms with Crippen LogP contribution < -0.4 is 0 Å². The molecule has 0 aromatic carbocycles. The Morgan fingerprint density at radius 3 is 2.71 bits per heavy atom. The van der Waals surface area contributed by atoms with E-state index in [-0.39, 0.29) is 31.7 Å². The molecule has 24 heavy (non-hydrogen) atoms. The third kappa shape index (κ3) is 2.29. The van der Waals surface area contributed by atoms with E-state index in [1.807, 2.05) is 13.8 Å². The number of fused-ring (bicyclic) bond motifs is 1. The first-order valence-corrected chi connectivity index (χ1v) is 9.63. The molecule has 1 saturated carbocycles. The highest BCUT2D eigenvalue weighted by Crippen LogP contribution is 2.82. The first-order valence-electron chi connectivity index (χ1n) is 8.09. The molecule has 2 heterocycles. The van der Waals surface area contributed by atoms with Gasteiger partial charge in [-0.15, -0.1) is 0 Å². The number of hydrogen-bond acceptors (Lipinski definition) is 7. The van der Waals surface area contributed by atoms with Crippen molar-refractivity contribution < 1.29 is 32.7 Å². The van der Waals surface area contributed by atoms with Gasteiger partial charge in [0.25, 0.3) is 0 Å². The Labute approximate surface area is 141 Å². The fourth-order valence-corrected chi connectivity index (χ4v) is 6.33. The monoisotopic (exact) mass is 358 g/mol. The van der Waals surface area contributed by atoms with Crippen LogP contribution in [-0.2, 0) is 32.7 Å². The van der Waals surface area contributed by atoms with E-state index < -0.39 is 36.2 Å². The SMILES string of the molecule is C/C=C/COP1(=O)OC[C@@H]2[C@@H](C)[C@@]21C(=O)O[C@H]1C(=O)OCC1(C)C. The van der Waals surface area contributed by atoms with Crippen LogP contribution in [0.4, 0.5) is 0 Å². The lowest BCUT2D eigenvalue weighted by atomic mass is 9.90. The van der Waals surface area contributed by atoms with E-state index in [2.05, 4.69) is 0 Å². The summed E-state index contributed by atoms with van der Waals surface area (Å²) in [5.74, 6) is -1.63. The maximum atomic E-state index is 13.2. The van der Waals surface area contributed by atoms with E-state index in [9.17, 15) is 14.2 Å². The van der Waals surface area contributed by atoms with Crippen LogP contribution in [-0.4, -0.2) is 43.0 Å². The number of allylic oxidation sites excluding steroid dienone is 1. The van der Waals surface area contributed by atoms with Crippen LogP contribution in [0, 0.1) is 17.3 Å². The Morgan fingerprint density at radius 1 is 1.46 bits per heavy atom. The quantitative estimate of drug-likeness (QED) is 0.423. The van der Waals surface area contributed by atoms with Crippen LogP contribution in [0.5, 0.6) is 0 Å². The van der Waals surface area contributed by atoms with Crippen molar-refractivity contribution in [3.05, 3.63) is 12.2 Å². The fraction of sp³-hybridized carbons (Fsp3) is 0.750. The molecule has 0 aromatic heterocycles. The maximum absolute atomic E-state index is 13.2. The number of ether oxygens (including phenoxy) is 2. The van der Waals surface area contributed by atoms with E-state index in [0.717, 1.165) is 0 Å². The van der Waals surface area contributed by atoms with Gasteiger partial charge in [0.1, 0.15) is 6.61 Å². The largest absolute Gasteiger partial charge is 0.462 e. The van der Waals surface area contributed by atoms with Crippen molar-refractivity contribution in [1.82, 2.24) is 0 Å². The Kier molecular flexibility index (Phi) is 4.18. The molecule has 0 bridgehead atoms. The summed E-state index contributed by atoms with van der Waals surface area (Å²) in [5.41, 5.74) is -0.619. The second kappa shape index (κ2) is 5.68. The highest BCUT2D eigenvalue weighted by Gasteiger charge is 2.83. The summed E-state index contributed by atoms with van der Waals surface area (Å²) < 4.78 is 34.4. The maximum Gasteiger partial charge on any atom is 0.348 e. The Morgan fingerprint density at radius 2 is 2.17 bits per heavy atom. The number of esters is 2. The van der Waals surface area contributed by atoms with Gasteiger partial charge in [-0.05, 0) is 12.8 Å². The molecule has 134 valence electrons. The average Bonchev–Trinajstić information content (AvgIpc) is 2.87. The molecule has 0 amide bonds. The van der Waals surface area contributed by atoms with Gasteiger partial charge in [0.05, 0.1) is 13.2 Å². The highest BCUT2D eigenvalue weighted by atomic mass is 31.2. The van der Waals surface area contributed by atoms with E-state index in [0.29, 0.717) is 0 Å². The number of rotatable bonds is 5. The molecule has 3 rings (SSSR count). The molecule has 2 saturated heterocycles. The lowest BCUT2D eigenvalue weighted by molar-refractivity contribution is -0.163. The zero-order chi connectivity index (χ0) is 17.8. The molecular formula is C16H23O7P. The second-order valence-electron chi connectivity index (χ2n) is 7.26. The summed E-state index contributed by atoms with van der Waals surface area (Å²) in [4.78, 5) is 24.7. The molecule has 3 fully saturated rings. The van der Waals surface area contributed by atoms with Gasteiger partial charge >= 0.3 is 19.5 Å². The number of cyclic esters (lactones) is 1. The van der Waals surface area contributed by atoms with Crippen LogP contribution in [0.25, 0.3) is 0 Å². The molecule has 8 heteroatoms. The molecule has 2 aliphatic heterocycles. The van der Waals surface area contributed by atoms with E-state index in [1.165, 1.54) is 0 Å². The van der Waals surface area contributed by atoms with Crippen LogP contribution in [0.15, 0.2) is 12.2 Å². The zero-order valence-corrected chi connectivity index (χ0v) is 15.2. The zero-order valence-electron chi connectivity index (χ0n) is 14.3. The van der Waals surface area contributed by atoms with Crippen LogP contribution in [0.3, 0.4) is 0 Å². The topological polar surface area (TPSA) is 88.1 Å². The molecule has 1 unspecified atom stereocenters. The minimum Gasteiger partial charge on any atom is -0.462 e. The van der Waals surface area contributed by atoms with Crippen molar-refractivity contribution in [1.29, 1.82) is 0 Å². The third-order valence-electron chi connectivity index (χ3n) is 5.27. The predicted octanol–water partition coefficient (Wildman–Crippen LogP) is 2.30. The summed E-state index contributed by atoms with van der Waals surface area (Å²) in [6.07, 6.45) is 2.45. The number of hydrogen-bond donors (Lipinski definition) is 0. The lowest BCUT2D eigenvalue weighted by Gasteiger charge is -2.26. The van der Waals surface area contributed by atoms with Gasteiger partial charge in [-0.25, -0.2) is 4.79 Å². The van der Waals surface area contributed by atoms with Crippen LogP contribution in [0.2, 0.25) is 0 Å². The van der Waals surface area contributed by atoms with Crippen molar-refractivity contribution >= 4 is 19.5 Å². The van der Waals surface area contributed by atoms with E-state index in [1.54, 1.807) is 26.0 Å². The highest BCUT2D eigenvalue weighted by molar-refractivity contribution is 7.57. The van der Waals surface area contributed by atoms with Gasteiger partial charge in [-0.1, -0.05) is 32.9 Å². The molecule has 0 aromatic rings. The summed E-state index contributed by atoms with van der Waals surface area (Å²) in [6, 6.07) is 0. The van der Waals surface area contributed by atoms with Gasteiger partial charge < -0.3 is 18.5 Å². The molecule has 1 aliphatic carbocycles. The van der Waals surface area contributed by atoms with Gasteiger partial charge in [-0.2, -0.15) is 0 Å². The Balaban J connectivity index is 1.82. The van der Waals surface area contributed by atoms with Crippen molar-refractivity contribution in [3.8, 4) is 0 Å². The first kappa shape index (κ1) is 17.6. The van der Waals surface area contributed by atoms with Crippen molar-refractivity contribution in [2.24, 2.45) is 17.3 Å². The normalized spacial score (nSPS) is 42.8. The van der Waals surface area contributed by atoms with E-state index >= 15 is 0 Å². The Hall–Kier alpha value is -1.17. The van der Waals surface area contributed by atoms with Crippen LogP contribution in [0.1, 0.15) is 27.7 Å². The van der Waals surface area contributed by atoms with Crippen molar-refractivity contribution in [2.45, 2.75) is 39.0 Å². The first-order chi connectivity index (χ1) is 11.2. The third-order valence-corrected chi connectivity index (χ3v) is 8.08. The number of carbonyl (C=O) groups excluding carboxylic acids is 2. The summed E-state index contributed by atoms with van der Waals surface area (Å²) in [6.45, 7) is 7.69. The molecular weight excluding hydrogens is 335 g/mol. The van der Waals surface area contributed by atoms with Gasteiger partial charge in [0.2, 0.25) is 6.10 Å². The fourth-order valence-electron chi connectivity index (χ4n) is 3.61. The standard InChI is InChI=1S/C16H23O7P/c1-5-6-7-21-24(19)16(10(2)11(16)8-22-24)14(18)23-12-13(17)20-9-15(12,3)4/h5-6,10-12H,7-9H2,1-4H3/b6-5+/t10-,11-,12+,16+,24?/m1/s1. The smallest absolute Gasteiger partial charge is 0.348 e. The molecule has 7 nitrogen and oxygen atoms in total. The van der Waals surface area contributed by atoms with Gasteiger partial charge in [-0.3, -0.25) is 9.36 Å². The molecule has 3 aliphatic rings. The lowest BCUT2D eigenvalue weighted by Crippen LogP contribution is -2.39. The summed E-state index contributed by atoms with van der Waals surface area (Å²) >= 11 is 0. The minimum absolute atomic E-state index is 0.0964. The number of carbonyl (C=O) groups is 2. The second-order valence-corrected chi connectivity index (χ2v) is 9.51. The van der Waals surface area contributed by atoms with Crippen molar-refractivity contribution in [3.63, 3.8) is 0 Å².